The zero-order chi connectivity index (χ0) is 12.4. The predicted octanol–water partition coefficient (Wildman–Crippen LogP) is 3.52. The third-order valence-corrected chi connectivity index (χ3v) is 3.86. The van der Waals surface area contributed by atoms with Crippen LogP contribution in [0, 0.1) is 5.92 Å². The minimum atomic E-state index is 0.155. The first kappa shape index (κ1) is 13.1. The molecule has 3 heteroatoms. The van der Waals surface area contributed by atoms with E-state index >= 15 is 0 Å². The summed E-state index contributed by atoms with van der Waals surface area (Å²) in [5.41, 5.74) is 1.24. The highest BCUT2D eigenvalue weighted by Crippen LogP contribution is 2.28. The van der Waals surface area contributed by atoms with Crippen LogP contribution >= 0.6 is 15.9 Å². The summed E-state index contributed by atoms with van der Waals surface area (Å²) in [6, 6.07) is 9.19. The number of benzene rings is 1. The molecule has 0 saturated carbocycles. The van der Waals surface area contributed by atoms with Gasteiger partial charge in [0.05, 0.1) is 12.7 Å². The van der Waals surface area contributed by atoms with Crippen LogP contribution < -0.4 is 5.32 Å². The molecule has 0 radical (unpaired) electrons. The maximum absolute atomic E-state index is 6.02. The Balaban J connectivity index is 2.09. The van der Waals surface area contributed by atoms with Gasteiger partial charge in [0.1, 0.15) is 0 Å². The maximum atomic E-state index is 6.02. The molecule has 0 spiro atoms. The van der Waals surface area contributed by atoms with E-state index in [0.717, 1.165) is 11.1 Å². The largest absolute Gasteiger partial charge is 0.370 e. The van der Waals surface area contributed by atoms with Crippen molar-refractivity contribution in [2.45, 2.75) is 39.0 Å². The van der Waals surface area contributed by atoms with Crippen molar-refractivity contribution in [2.24, 2.45) is 5.92 Å². The topological polar surface area (TPSA) is 21.3 Å². The number of nitrogens with one attached hydrogen (secondary N) is 1. The highest BCUT2D eigenvalue weighted by atomic mass is 79.9. The van der Waals surface area contributed by atoms with Crippen molar-refractivity contribution in [3.05, 3.63) is 34.3 Å². The number of ether oxygens (including phenoxy) is 1. The van der Waals surface area contributed by atoms with E-state index in [9.17, 15) is 0 Å². The molecular weight excluding hydrogens is 278 g/mol. The molecule has 3 unspecified atom stereocenters. The maximum Gasteiger partial charge on any atom is 0.0976 e. The lowest BCUT2D eigenvalue weighted by Crippen LogP contribution is -2.51. The number of rotatable bonds is 2. The molecule has 1 N–H and O–H groups in total. The molecule has 94 valence electrons. The van der Waals surface area contributed by atoms with E-state index in [2.05, 4.69) is 60.2 Å². The Morgan fingerprint density at radius 3 is 2.76 bits per heavy atom. The molecule has 3 atom stereocenters. The van der Waals surface area contributed by atoms with Gasteiger partial charge in [0, 0.05) is 16.6 Å². The smallest absolute Gasteiger partial charge is 0.0976 e. The Kier molecular flexibility index (Phi) is 4.23. The molecule has 1 aromatic rings. The van der Waals surface area contributed by atoms with Gasteiger partial charge in [-0.2, -0.15) is 0 Å². The third-order valence-electron chi connectivity index (χ3n) is 3.37. The number of morpholine rings is 1. The minimum Gasteiger partial charge on any atom is -0.370 e. The molecule has 17 heavy (non-hydrogen) atoms. The minimum absolute atomic E-state index is 0.155. The molecule has 2 rings (SSSR count). The summed E-state index contributed by atoms with van der Waals surface area (Å²) in [5.74, 6) is 0.612. The summed E-state index contributed by atoms with van der Waals surface area (Å²) < 4.78 is 7.13. The van der Waals surface area contributed by atoms with Crippen LogP contribution in [0.3, 0.4) is 0 Å². The Labute approximate surface area is 112 Å². The van der Waals surface area contributed by atoms with Crippen LogP contribution in [0.2, 0.25) is 0 Å². The molecule has 1 fully saturated rings. The molecule has 0 aromatic heterocycles. The van der Waals surface area contributed by atoms with Crippen molar-refractivity contribution in [3.63, 3.8) is 0 Å². The van der Waals surface area contributed by atoms with Crippen LogP contribution in [-0.2, 0) is 4.74 Å². The van der Waals surface area contributed by atoms with Crippen molar-refractivity contribution < 1.29 is 4.74 Å². The van der Waals surface area contributed by atoms with Crippen LogP contribution in [0.25, 0.3) is 0 Å². The fourth-order valence-corrected chi connectivity index (χ4v) is 2.70. The lowest BCUT2D eigenvalue weighted by Gasteiger charge is -2.38. The van der Waals surface area contributed by atoms with E-state index in [-0.39, 0.29) is 6.10 Å². The van der Waals surface area contributed by atoms with Gasteiger partial charge in [-0.25, -0.2) is 0 Å². The molecule has 1 aromatic carbocycles. The summed E-state index contributed by atoms with van der Waals surface area (Å²) in [7, 11) is 0. The lowest BCUT2D eigenvalue weighted by molar-refractivity contribution is -0.0339. The summed E-state index contributed by atoms with van der Waals surface area (Å²) in [4.78, 5) is 0. The van der Waals surface area contributed by atoms with Gasteiger partial charge >= 0.3 is 0 Å². The summed E-state index contributed by atoms with van der Waals surface area (Å²) in [6.45, 7) is 7.44. The Hall–Kier alpha value is -0.380. The zero-order valence-electron chi connectivity index (χ0n) is 10.6. The van der Waals surface area contributed by atoms with Gasteiger partial charge in [-0.15, -0.1) is 0 Å². The Morgan fingerprint density at radius 1 is 1.41 bits per heavy atom. The fourth-order valence-electron chi connectivity index (χ4n) is 2.28. The Bertz CT molecular complexity index is 380. The zero-order valence-corrected chi connectivity index (χ0v) is 12.2. The second-order valence-electron chi connectivity index (χ2n) is 5.11. The van der Waals surface area contributed by atoms with Crippen molar-refractivity contribution in [1.82, 2.24) is 5.32 Å². The first-order valence-corrected chi connectivity index (χ1v) is 7.00. The number of hydrogen-bond acceptors (Lipinski definition) is 2. The summed E-state index contributed by atoms with van der Waals surface area (Å²) in [6.07, 6.45) is 0.155. The third kappa shape index (κ3) is 3.09. The van der Waals surface area contributed by atoms with Gasteiger partial charge in [0.25, 0.3) is 0 Å². The SMILES string of the molecule is CC(C)C1COC(c2cccc(Br)c2)C(C)N1. The quantitative estimate of drug-likeness (QED) is 0.902. The van der Waals surface area contributed by atoms with E-state index in [0.29, 0.717) is 18.0 Å². The standard InChI is InChI=1S/C14H20BrNO/c1-9(2)13-8-17-14(10(3)16-13)11-5-4-6-12(15)7-11/h4-7,9-10,13-14,16H,8H2,1-3H3. The average molecular weight is 298 g/mol. The number of hydrogen-bond donors (Lipinski definition) is 1. The molecule has 0 amide bonds. The van der Waals surface area contributed by atoms with Crippen LogP contribution in [0.4, 0.5) is 0 Å². The summed E-state index contributed by atoms with van der Waals surface area (Å²) in [5, 5.41) is 3.64. The van der Waals surface area contributed by atoms with Crippen LogP contribution in [0.1, 0.15) is 32.4 Å². The Morgan fingerprint density at radius 2 is 2.18 bits per heavy atom. The van der Waals surface area contributed by atoms with Gasteiger partial charge in [-0.05, 0) is 30.5 Å². The average Bonchev–Trinajstić information content (AvgIpc) is 2.28. The second-order valence-corrected chi connectivity index (χ2v) is 6.03. The molecule has 1 aliphatic rings. The van der Waals surface area contributed by atoms with Gasteiger partial charge in [0.2, 0.25) is 0 Å². The van der Waals surface area contributed by atoms with Gasteiger partial charge in [0.15, 0.2) is 0 Å². The van der Waals surface area contributed by atoms with Crippen molar-refractivity contribution in [1.29, 1.82) is 0 Å². The van der Waals surface area contributed by atoms with Crippen molar-refractivity contribution in [2.75, 3.05) is 6.61 Å². The predicted molar refractivity (Wildman–Crippen MR) is 74.1 cm³/mol. The van der Waals surface area contributed by atoms with Crippen LogP contribution in [0.5, 0.6) is 0 Å². The molecule has 1 saturated heterocycles. The van der Waals surface area contributed by atoms with Gasteiger partial charge in [-0.1, -0.05) is 41.9 Å². The number of halogens is 1. The van der Waals surface area contributed by atoms with E-state index < -0.39 is 0 Å². The molecule has 0 aliphatic carbocycles. The molecule has 0 bridgehead atoms. The fraction of sp³-hybridized carbons (Fsp3) is 0.571. The van der Waals surface area contributed by atoms with E-state index in [1.54, 1.807) is 0 Å². The highest BCUT2D eigenvalue weighted by Gasteiger charge is 2.30. The first-order chi connectivity index (χ1) is 8.08. The monoisotopic (exact) mass is 297 g/mol. The van der Waals surface area contributed by atoms with E-state index in [1.807, 2.05) is 6.07 Å². The molecule has 1 aliphatic heterocycles. The lowest BCUT2D eigenvalue weighted by atomic mass is 9.97. The molecule has 1 heterocycles. The normalized spacial score (nSPS) is 29.6. The van der Waals surface area contributed by atoms with Crippen LogP contribution in [0.15, 0.2) is 28.7 Å². The van der Waals surface area contributed by atoms with Crippen molar-refractivity contribution in [3.8, 4) is 0 Å². The van der Waals surface area contributed by atoms with Crippen molar-refractivity contribution >= 4 is 15.9 Å². The van der Waals surface area contributed by atoms with Crippen LogP contribution in [-0.4, -0.2) is 18.7 Å². The highest BCUT2D eigenvalue weighted by molar-refractivity contribution is 9.10. The van der Waals surface area contributed by atoms with E-state index in [1.165, 1.54) is 5.56 Å². The summed E-state index contributed by atoms with van der Waals surface area (Å²) >= 11 is 3.51. The second kappa shape index (κ2) is 5.51. The van der Waals surface area contributed by atoms with E-state index in [4.69, 9.17) is 4.74 Å². The van der Waals surface area contributed by atoms with Gasteiger partial charge in [-0.3, -0.25) is 0 Å². The molecular formula is C14H20BrNO. The molecule has 2 nitrogen and oxygen atoms in total. The first-order valence-electron chi connectivity index (χ1n) is 6.21. The van der Waals surface area contributed by atoms with Gasteiger partial charge < -0.3 is 10.1 Å².